The predicted molar refractivity (Wildman–Crippen MR) is 129 cm³/mol. The summed E-state index contributed by atoms with van der Waals surface area (Å²) in [5.74, 6) is -0.0903. The summed E-state index contributed by atoms with van der Waals surface area (Å²) in [6.07, 6.45) is 2.68. The van der Waals surface area contributed by atoms with Gasteiger partial charge in [-0.3, -0.25) is 4.79 Å². The third kappa shape index (κ3) is 3.13. The van der Waals surface area contributed by atoms with Gasteiger partial charge < -0.3 is 19.6 Å². The van der Waals surface area contributed by atoms with Crippen molar-refractivity contribution < 1.29 is 9.13 Å². The minimum Gasteiger partial charge on any atom is -0.496 e. The van der Waals surface area contributed by atoms with E-state index in [0.717, 1.165) is 12.1 Å². The van der Waals surface area contributed by atoms with Crippen molar-refractivity contribution in [2.75, 3.05) is 13.7 Å². The molecule has 0 aliphatic carbocycles. The Balaban J connectivity index is 1.98. The first-order chi connectivity index (χ1) is 15.8. The highest BCUT2D eigenvalue weighted by Gasteiger charge is 2.26. The van der Waals surface area contributed by atoms with E-state index >= 15 is 4.39 Å². The Morgan fingerprint density at radius 3 is 2.73 bits per heavy atom. The third-order valence-electron chi connectivity index (χ3n) is 6.43. The van der Waals surface area contributed by atoms with Gasteiger partial charge in [0.1, 0.15) is 11.4 Å². The van der Waals surface area contributed by atoms with E-state index in [1.807, 2.05) is 31.4 Å². The molecule has 4 aromatic rings. The quantitative estimate of drug-likeness (QED) is 0.466. The van der Waals surface area contributed by atoms with Crippen molar-refractivity contribution in [3.05, 3.63) is 57.5 Å². The molecule has 0 saturated heterocycles. The highest BCUT2D eigenvalue weighted by molar-refractivity contribution is 6.10. The molecule has 1 atom stereocenters. The van der Waals surface area contributed by atoms with Crippen molar-refractivity contribution in [3.8, 4) is 11.8 Å². The minimum absolute atomic E-state index is 0.117. The second kappa shape index (κ2) is 7.75. The van der Waals surface area contributed by atoms with Crippen molar-refractivity contribution in [2.24, 2.45) is 0 Å². The normalized spacial score (nSPS) is 16.5. The molecule has 168 valence electrons. The molecule has 2 N–H and O–H groups in total. The van der Waals surface area contributed by atoms with Gasteiger partial charge in [0.2, 0.25) is 0 Å². The van der Waals surface area contributed by atoms with Crippen LogP contribution in [0.2, 0.25) is 0 Å². The molecule has 0 saturated carbocycles. The molecule has 0 amide bonds. The number of nitrogens with zero attached hydrogens (tertiary/aromatic N) is 2. The lowest BCUT2D eigenvalue weighted by Gasteiger charge is -2.24. The number of benzene rings is 2. The maximum atomic E-state index is 16.4. The van der Waals surface area contributed by atoms with E-state index in [-0.39, 0.29) is 28.4 Å². The average molecular weight is 445 g/mol. The number of nitriles is 1. The van der Waals surface area contributed by atoms with Crippen LogP contribution in [-0.2, 0) is 0 Å². The molecular weight excluding hydrogens is 419 g/mol. The second-order valence-corrected chi connectivity index (χ2v) is 8.86. The summed E-state index contributed by atoms with van der Waals surface area (Å²) in [4.78, 5) is 17.0. The summed E-state index contributed by atoms with van der Waals surface area (Å²) in [6.45, 7) is 6.70. The molecule has 5 rings (SSSR count). The van der Waals surface area contributed by atoms with Gasteiger partial charge in [0, 0.05) is 23.0 Å². The summed E-state index contributed by atoms with van der Waals surface area (Å²) in [5.41, 5.74) is 3.00. The van der Waals surface area contributed by atoms with Gasteiger partial charge in [-0.1, -0.05) is 12.1 Å². The van der Waals surface area contributed by atoms with E-state index in [1.54, 1.807) is 24.3 Å². The highest BCUT2D eigenvalue weighted by Crippen LogP contribution is 2.39. The number of fused-ring (bicyclic) bond motifs is 4. The monoisotopic (exact) mass is 444 g/mol. The van der Waals surface area contributed by atoms with E-state index in [4.69, 9.17) is 4.74 Å². The molecule has 2 aromatic carbocycles. The van der Waals surface area contributed by atoms with E-state index in [1.165, 1.54) is 7.11 Å². The number of methoxy groups -OCH3 is 1. The van der Waals surface area contributed by atoms with Gasteiger partial charge in [-0.25, -0.2) is 4.39 Å². The number of nitrogens with one attached hydrogen (secondary N) is 2. The van der Waals surface area contributed by atoms with Crippen LogP contribution in [0.4, 0.5) is 4.39 Å². The molecule has 7 heteroatoms. The van der Waals surface area contributed by atoms with E-state index in [0.29, 0.717) is 45.2 Å². The summed E-state index contributed by atoms with van der Waals surface area (Å²) < 4.78 is 23.8. The van der Waals surface area contributed by atoms with Crippen molar-refractivity contribution in [1.82, 2.24) is 14.9 Å². The lowest BCUT2D eigenvalue weighted by molar-refractivity contribution is 0.410. The first-order valence-electron chi connectivity index (χ1n) is 11.1. The number of hydrogen-bond acceptors (Lipinski definition) is 4. The third-order valence-corrected chi connectivity index (χ3v) is 6.43. The van der Waals surface area contributed by atoms with Gasteiger partial charge >= 0.3 is 0 Å². The Labute approximate surface area is 190 Å². The van der Waals surface area contributed by atoms with Crippen LogP contribution in [0.3, 0.4) is 0 Å². The fraction of sp³-hybridized carbons (Fsp3) is 0.308. The Morgan fingerprint density at radius 1 is 1.27 bits per heavy atom. The van der Waals surface area contributed by atoms with Crippen LogP contribution in [0.5, 0.6) is 5.75 Å². The maximum Gasteiger partial charge on any atom is 0.199 e. The van der Waals surface area contributed by atoms with Crippen LogP contribution in [0.1, 0.15) is 44.4 Å². The zero-order valence-electron chi connectivity index (χ0n) is 19.0. The molecule has 33 heavy (non-hydrogen) atoms. The van der Waals surface area contributed by atoms with Gasteiger partial charge in [-0.15, -0.1) is 0 Å². The summed E-state index contributed by atoms with van der Waals surface area (Å²) in [5, 5.41) is 14.1. The van der Waals surface area contributed by atoms with Gasteiger partial charge in [0.25, 0.3) is 0 Å². The summed E-state index contributed by atoms with van der Waals surface area (Å²) in [7, 11) is 1.50. The smallest absolute Gasteiger partial charge is 0.199 e. The number of pyridine rings is 1. The maximum absolute atomic E-state index is 16.4. The first kappa shape index (κ1) is 21.2. The number of halogens is 1. The second-order valence-electron chi connectivity index (χ2n) is 8.86. The zero-order chi connectivity index (χ0) is 23.4. The van der Waals surface area contributed by atoms with E-state index in [9.17, 15) is 10.1 Å². The topological polar surface area (TPSA) is 82.8 Å². The van der Waals surface area contributed by atoms with E-state index in [2.05, 4.69) is 16.4 Å². The summed E-state index contributed by atoms with van der Waals surface area (Å²) in [6, 6.07) is 8.96. The molecule has 0 spiro atoms. The first-order valence-corrected chi connectivity index (χ1v) is 11.1. The molecule has 0 bridgehead atoms. The van der Waals surface area contributed by atoms with Crippen LogP contribution >= 0.6 is 0 Å². The van der Waals surface area contributed by atoms with Crippen LogP contribution < -0.4 is 15.5 Å². The standard InChI is InChI=1S/C26H25FN4O2/c1-13(2)31-24-18(11-20(33-4)21(23(24)27)16-7-8-29-14(3)9-16)25(32)22-17-6-5-15(12-28)10-19(17)30-26(22)31/h5-6,9-11,13-14,29-30H,7-8H2,1-4H3/t14-/m1/s1. The lowest BCUT2D eigenvalue weighted by Crippen LogP contribution is -2.29. The van der Waals surface area contributed by atoms with Crippen LogP contribution in [0, 0.1) is 17.1 Å². The molecule has 0 fully saturated rings. The van der Waals surface area contributed by atoms with Crippen molar-refractivity contribution in [2.45, 2.75) is 39.3 Å². The van der Waals surface area contributed by atoms with Crippen LogP contribution in [-0.4, -0.2) is 29.2 Å². The lowest BCUT2D eigenvalue weighted by atomic mass is 9.94. The van der Waals surface area contributed by atoms with Crippen LogP contribution in [0.25, 0.3) is 38.4 Å². The fourth-order valence-electron chi connectivity index (χ4n) is 5.00. The minimum atomic E-state index is -0.450. The molecule has 2 aromatic heterocycles. The Hall–Kier alpha value is -3.63. The Kier molecular flexibility index (Phi) is 4.98. The molecule has 6 nitrogen and oxygen atoms in total. The zero-order valence-corrected chi connectivity index (χ0v) is 19.0. The number of aromatic nitrogens is 2. The number of H-pyrrole nitrogens is 1. The molecule has 1 aliphatic rings. The largest absolute Gasteiger partial charge is 0.496 e. The molecular formula is C26H25FN4O2. The van der Waals surface area contributed by atoms with Crippen molar-refractivity contribution in [1.29, 1.82) is 5.26 Å². The number of aromatic amines is 1. The van der Waals surface area contributed by atoms with E-state index < -0.39 is 5.82 Å². The summed E-state index contributed by atoms with van der Waals surface area (Å²) >= 11 is 0. The molecule has 0 unspecified atom stereocenters. The van der Waals surface area contributed by atoms with Crippen LogP contribution in [0.15, 0.2) is 35.1 Å². The fourth-order valence-corrected chi connectivity index (χ4v) is 5.00. The van der Waals surface area contributed by atoms with Crippen molar-refractivity contribution in [3.63, 3.8) is 0 Å². The predicted octanol–water partition coefficient (Wildman–Crippen LogP) is 5.00. The molecule has 1 aliphatic heterocycles. The van der Waals surface area contributed by atoms with Gasteiger partial charge in [0.15, 0.2) is 11.2 Å². The number of hydrogen-bond donors (Lipinski definition) is 2. The Morgan fingerprint density at radius 2 is 2.06 bits per heavy atom. The van der Waals surface area contributed by atoms with Gasteiger partial charge in [-0.05, 0) is 57.5 Å². The van der Waals surface area contributed by atoms with Crippen molar-refractivity contribution >= 4 is 38.4 Å². The SMILES string of the molecule is COc1cc2c(=O)c3c4ccc(C#N)cc4[nH]c3n(C(C)C)c2c(F)c1C1=C[C@@H](C)NCC1. The Bertz CT molecular complexity index is 1570. The molecule has 3 heterocycles. The van der Waals surface area contributed by atoms with Gasteiger partial charge in [0.05, 0.1) is 40.6 Å². The highest BCUT2D eigenvalue weighted by atomic mass is 19.1. The number of rotatable bonds is 3. The van der Waals surface area contributed by atoms with Gasteiger partial charge in [-0.2, -0.15) is 5.26 Å². The molecule has 0 radical (unpaired) electrons. The number of ether oxygens (including phenoxy) is 1. The average Bonchev–Trinajstić information content (AvgIpc) is 3.17.